The minimum Gasteiger partial charge on any atom is -0.330 e. The van der Waals surface area contributed by atoms with Gasteiger partial charge in [-0.15, -0.1) is 0 Å². The van der Waals surface area contributed by atoms with Crippen LogP contribution < -0.4 is 5.73 Å². The van der Waals surface area contributed by atoms with Crippen LogP contribution in [-0.2, 0) is 6.42 Å². The van der Waals surface area contributed by atoms with Crippen molar-refractivity contribution in [2.24, 2.45) is 5.73 Å². The third-order valence-electron chi connectivity index (χ3n) is 3.93. The molecule has 4 nitrogen and oxygen atoms in total. The first kappa shape index (κ1) is 13.0. The van der Waals surface area contributed by atoms with E-state index >= 15 is 0 Å². The first-order valence-corrected chi connectivity index (χ1v) is 7.37. The normalized spacial score (nSPS) is 11.3. The fourth-order valence-electron chi connectivity index (χ4n) is 2.83. The first-order valence-electron chi connectivity index (χ1n) is 7.37. The van der Waals surface area contributed by atoms with E-state index < -0.39 is 0 Å². The highest BCUT2D eigenvalue weighted by molar-refractivity contribution is 6.02. The van der Waals surface area contributed by atoms with Gasteiger partial charge in [0.1, 0.15) is 11.8 Å². The summed E-state index contributed by atoms with van der Waals surface area (Å²) in [5.74, 6) is 0. The molecule has 0 aliphatic heterocycles. The second-order valence-electron chi connectivity index (χ2n) is 5.33. The molecule has 4 heteroatoms. The Morgan fingerprint density at radius 2 is 1.73 bits per heavy atom. The molecule has 4 aromatic rings. The summed E-state index contributed by atoms with van der Waals surface area (Å²) in [5.41, 5.74) is 10.9. The monoisotopic (exact) mass is 288 g/mol. The molecule has 2 heterocycles. The number of imidazole rings is 1. The van der Waals surface area contributed by atoms with Crippen molar-refractivity contribution in [3.63, 3.8) is 0 Å². The van der Waals surface area contributed by atoms with Crippen LogP contribution in [0.1, 0.15) is 5.56 Å². The molecule has 0 spiro atoms. The van der Waals surface area contributed by atoms with Gasteiger partial charge in [-0.3, -0.25) is 9.55 Å². The maximum absolute atomic E-state index is 5.61. The number of benzene rings is 2. The molecule has 0 aliphatic rings. The second-order valence-corrected chi connectivity index (χ2v) is 5.33. The van der Waals surface area contributed by atoms with Crippen LogP contribution in [0.4, 0.5) is 0 Å². The van der Waals surface area contributed by atoms with E-state index in [-0.39, 0.29) is 0 Å². The molecule has 2 aromatic heterocycles. The Morgan fingerprint density at radius 1 is 0.909 bits per heavy atom. The average molecular weight is 288 g/mol. The number of aromatic nitrogens is 3. The van der Waals surface area contributed by atoms with Gasteiger partial charge in [-0.25, -0.2) is 4.98 Å². The van der Waals surface area contributed by atoms with Gasteiger partial charge >= 0.3 is 0 Å². The average Bonchev–Trinajstić information content (AvgIpc) is 3.00. The summed E-state index contributed by atoms with van der Waals surface area (Å²) in [5, 5.41) is 1.11. The van der Waals surface area contributed by atoms with Gasteiger partial charge in [0.05, 0.1) is 17.2 Å². The minimum absolute atomic E-state index is 0.670. The van der Waals surface area contributed by atoms with Crippen LogP contribution in [0.25, 0.3) is 27.6 Å². The van der Waals surface area contributed by atoms with Gasteiger partial charge in [-0.2, -0.15) is 0 Å². The van der Waals surface area contributed by atoms with Crippen molar-refractivity contribution in [2.75, 3.05) is 6.54 Å². The molecule has 0 aliphatic carbocycles. The molecule has 108 valence electrons. The smallest absolute Gasteiger partial charge is 0.108 e. The number of fused-ring (bicyclic) bond motifs is 3. The van der Waals surface area contributed by atoms with Gasteiger partial charge < -0.3 is 5.73 Å². The molecule has 2 aromatic carbocycles. The zero-order chi connectivity index (χ0) is 14.9. The third kappa shape index (κ3) is 2.05. The van der Waals surface area contributed by atoms with Crippen LogP contribution in [0.2, 0.25) is 0 Å². The van der Waals surface area contributed by atoms with Gasteiger partial charge in [0.15, 0.2) is 0 Å². The van der Waals surface area contributed by atoms with Crippen molar-refractivity contribution in [3.8, 4) is 5.69 Å². The van der Waals surface area contributed by atoms with Gasteiger partial charge in [0.25, 0.3) is 0 Å². The fourth-order valence-corrected chi connectivity index (χ4v) is 2.83. The van der Waals surface area contributed by atoms with Crippen molar-refractivity contribution in [1.82, 2.24) is 14.5 Å². The molecule has 0 amide bonds. The molecule has 2 N–H and O–H groups in total. The third-order valence-corrected chi connectivity index (χ3v) is 3.93. The molecule has 0 bridgehead atoms. The molecule has 0 fully saturated rings. The minimum atomic E-state index is 0.670. The Morgan fingerprint density at radius 3 is 2.55 bits per heavy atom. The molecule has 0 unspecified atom stereocenters. The van der Waals surface area contributed by atoms with Gasteiger partial charge in [-0.05, 0) is 36.7 Å². The van der Waals surface area contributed by atoms with Gasteiger partial charge in [0, 0.05) is 11.1 Å². The Balaban J connectivity index is 1.93. The number of rotatable bonds is 3. The molecule has 0 atom stereocenters. The predicted octanol–water partition coefficient (Wildman–Crippen LogP) is 3.07. The fraction of sp³-hybridized carbons (Fsp3) is 0.111. The lowest BCUT2D eigenvalue weighted by atomic mass is 10.1. The van der Waals surface area contributed by atoms with E-state index in [9.17, 15) is 0 Å². The highest BCUT2D eigenvalue weighted by atomic mass is 15.1. The Labute approximate surface area is 128 Å². The first-order chi connectivity index (χ1) is 10.9. The van der Waals surface area contributed by atoms with Gasteiger partial charge in [0.2, 0.25) is 0 Å². The lowest BCUT2D eigenvalue weighted by Gasteiger charge is -2.07. The maximum Gasteiger partial charge on any atom is 0.108 e. The van der Waals surface area contributed by atoms with Crippen molar-refractivity contribution in [2.45, 2.75) is 6.42 Å². The van der Waals surface area contributed by atoms with Crippen molar-refractivity contribution < 1.29 is 0 Å². The second kappa shape index (κ2) is 5.24. The number of pyridine rings is 1. The highest BCUT2D eigenvalue weighted by Crippen LogP contribution is 2.25. The topological polar surface area (TPSA) is 56.7 Å². The predicted molar refractivity (Wildman–Crippen MR) is 89.1 cm³/mol. The molecular weight excluding hydrogens is 272 g/mol. The summed E-state index contributed by atoms with van der Waals surface area (Å²) < 4.78 is 2.12. The van der Waals surface area contributed by atoms with Crippen LogP contribution in [0.3, 0.4) is 0 Å². The Kier molecular flexibility index (Phi) is 3.09. The van der Waals surface area contributed by atoms with E-state index in [1.165, 1.54) is 5.56 Å². The number of para-hydroxylation sites is 1. The molecule has 0 saturated heterocycles. The van der Waals surface area contributed by atoms with E-state index in [0.717, 1.165) is 34.0 Å². The Hall–Kier alpha value is -2.72. The van der Waals surface area contributed by atoms with Crippen LogP contribution in [0, 0.1) is 0 Å². The number of nitrogens with zero attached hydrogens (tertiary/aromatic N) is 3. The lowest BCUT2D eigenvalue weighted by Crippen LogP contribution is -2.02. The van der Waals surface area contributed by atoms with E-state index in [1.54, 1.807) is 0 Å². The van der Waals surface area contributed by atoms with E-state index in [4.69, 9.17) is 5.73 Å². The summed E-state index contributed by atoms with van der Waals surface area (Å²) in [6.45, 7) is 0.670. The quantitative estimate of drug-likeness (QED) is 0.630. The summed E-state index contributed by atoms with van der Waals surface area (Å²) in [6, 6.07) is 16.6. The largest absolute Gasteiger partial charge is 0.330 e. The van der Waals surface area contributed by atoms with Crippen LogP contribution >= 0.6 is 0 Å². The Bertz CT molecular complexity index is 938. The van der Waals surface area contributed by atoms with Crippen molar-refractivity contribution >= 4 is 21.9 Å². The molecule has 22 heavy (non-hydrogen) atoms. The van der Waals surface area contributed by atoms with E-state index in [0.29, 0.717) is 6.54 Å². The standard InChI is InChI=1S/C18H16N4/c19-10-9-13-5-7-14(8-6-13)22-12-21-17-11-20-16-4-2-1-3-15(16)18(17)22/h1-8,11-12H,9-10,19H2. The summed E-state index contributed by atoms with van der Waals surface area (Å²) >= 11 is 0. The van der Waals surface area contributed by atoms with E-state index in [2.05, 4.69) is 44.9 Å². The van der Waals surface area contributed by atoms with Crippen molar-refractivity contribution in [1.29, 1.82) is 0 Å². The number of hydrogen-bond donors (Lipinski definition) is 1. The van der Waals surface area contributed by atoms with Crippen LogP contribution in [0.5, 0.6) is 0 Å². The zero-order valence-corrected chi connectivity index (χ0v) is 12.1. The number of nitrogens with two attached hydrogens (primary N) is 1. The SMILES string of the molecule is NCCc1ccc(-n2cnc3cnc4ccccc4c32)cc1. The molecule has 4 rings (SSSR count). The highest BCUT2D eigenvalue weighted by Gasteiger charge is 2.09. The van der Waals surface area contributed by atoms with Gasteiger partial charge in [-0.1, -0.05) is 30.3 Å². The number of hydrogen-bond acceptors (Lipinski definition) is 3. The van der Waals surface area contributed by atoms with Crippen LogP contribution in [-0.4, -0.2) is 21.1 Å². The zero-order valence-electron chi connectivity index (χ0n) is 12.1. The lowest BCUT2D eigenvalue weighted by molar-refractivity contribution is 0.966. The molecular formula is C18H16N4. The summed E-state index contributed by atoms with van der Waals surface area (Å²) in [6.07, 6.45) is 4.59. The van der Waals surface area contributed by atoms with Crippen LogP contribution in [0.15, 0.2) is 61.1 Å². The summed E-state index contributed by atoms with van der Waals surface area (Å²) in [4.78, 5) is 8.95. The summed E-state index contributed by atoms with van der Waals surface area (Å²) in [7, 11) is 0. The van der Waals surface area contributed by atoms with Crippen molar-refractivity contribution in [3.05, 3.63) is 66.6 Å². The molecule has 0 saturated carbocycles. The maximum atomic E-state index is 5.61. The molecule has 0 radical (unpaired) electrons. The van der Waals surface area contributed by atoms with E-state index in [1.807, 2.05) is 30.7 Å².